The van der Waals surface area contributed by atoms with Gasteiger partial charge in [0.1, 0.15) is 0 Å². The molecule has 150 valence electrons. The van der Waals surface area contributed by atoms with E-state index in [0.29, 0.717) is 0 Å². The molecule has 2 aliphatic carbocycles. The molecule has 1 aliphatic heterocycles. The summed E-state index contributed by atoms with van der Waals surface area (Å²) in [7, 11) is 0. The summed E-state index contributed by atoms with van der Waals surface area (Å²) < 4.78 is 0. The van der Waals surface area contributed by atoms with Crippen LogP contribution in [0, 0.1) is 17.3 Å². The van der Waals surface area contributed by atoms with E-state index in [9.17, 15) is 9.59 Å². The molecule has 26 heavy (non-hydrogen) atoms. The fourth-order valence-corrected chi connectivity index (χ4v) is 4.66. The Kier molecular flexibility index (Phi) is 8.21. The number of hydrogen-bond donors (Lipinski definition) is 3. The van der Waals surface area contributed by atoms with Crippen LogP contribution in [0.15, 0.2) is 0 Å². The number of carbonyl (C=O) groups excluding carboxylic acids is 2. The number of nitrogens with one attached hydrogen (secondary N) is 3. The summed E-state index contributed by atoms with van der Waals surface area (Å²) in [5.74, 6) is 0.848. The maximum atomic E-state index is 12.5. The van der Waals surface area contributed by atoms with E-state index < -0.39 is 0 Å². The Bertz CT molecular complexity index is 466. The Morgan fingerprint density at radius 1 is 0.923 bits per heavy atom. The lowest BCUT2D eigenvalue weighted by Crippen LogP contribution is -2.46. The molecule has 1 saturated heterocycles. The van der Waals surface area contributed by atoms with Gasteiger partial charge < -0.3 is 16.0 Å². The molecule has 2 saturated carbocycles. The average Bonchev–Trinajstić information content (AvgIpc) is 3.16. The van der Waals surface area contributed by atoms with Crippen molar-refractivity contribution in [3.05, 3.63) is 0 Å². The van der Waals surface area contributed by atoms with Crippen molar-refractivity contribution in [1.82, 2.24) is 16.0 Å². The molecule has 0 aromatic rings. The lowest BCUT2D eigenvalue weighted by atomic mass is 9.80. The van der Waals surface area contributed by atoms with E-state index in [-0.39, 0.29) is 47.5 Å². The Labute approximate surface area is 164 Å². The number of hydrogen-bond acceptors (Lipinski definition) is 3. The molecule has 1 heterocycles. The van der Waals surface area contributed by atoms with Gasteiger partial charge in [0.15, 0.2) is 0 Å². The van der Waals surface area contributed by atoms with Gasteiger partial charge in [0, 0.05) is 24.4 Å². The second-order valence-electron chi connectivity index (χ2n) is 8.82. The van der Waals surface area contributed by atoms with Gasteiger partial charge >= 0.3 is 0 Å². The molecule has 3 N–H and O–H groups in total. The van der Waals surface area contributed by atoms with E-state index in [2.05, 4.69) is 22.9 Å². The molecule has 2 amide bonds. The first-order chi connectivity index (χ1) is 12.1. The lowest BCUT2D eigenvalue weighted by Gasteiger charge is -2.35. The molecule has 3 aliphatic rings. The predicted octanol–water partition coefficient (Wildman–Crippen LogP) is 2.78. The van der Waals surface area contributed by atoms with E-state index >= 15 is 0 Å². The second-order valence-corrected chi connectivity index (χ2v) is 8.82. The number of amides is 2. The van der Waals surface area contributed by atoms with Gasteiger partial charge in [0.25, 0.3) is 0 Å². The molecule has 0 bridgehead atoms. The Morgan fingerprint density at radius 2 is 1.50 bits per heavy atom. The molecule has 0 unspecified atom stereocenters. The van der Waals surface area contributed by atoms with Crippen LogP contribution in [0.3, 0.4) is 0 Å². The average molecular weight is 386 g/mol. The van der Waals surface area contributed by atoms with Gasteiger partial charge in [-0.05, 0) is 69.9 Å². The molecule has 0 radical (unpaired) electrons. The predicted molar refractivity (Wildman–Crippen MR) is 106 cm³/mol. The zero-order chi connectivity index (χ0) is 17.7. The van der Waals surface area contributed by atoms with Crippen molar-refractivity contribution < 1.29 is 9.59 Å². The summed E-state index contributed by atoms with van der Waals surface area (Å²) >= 11 is 0. The van der Waals surface area contributed by atoms with Crippen LogP contribution >= 0.6 is 12.4 Å². The highest BCUT2D eigenvalue weighted by Crippen LogP contribution is 2.29. The summed E-state index contributed by atoms with van der Waals surface area (Å²) in [6, 6.07) is 0.277. The topological polar surface area (TPSA) is 70.2 Å². The van der Waals surface area contributed by atoms with Crippen molar-refractivity contribution in [3.8, 4) is 0 Å². The van der Waals surface area contributed by atoms with Gasteiger partial charge in [-0.1, -0.05) is 19.8 Å². The van der Waals surface area contributed by atoms with Crippen molar-refractivity contribution in [2.75, 3.05) is 19.6 Å². The number of piperidine rings is 1. The Hall–Kier alpha value is -0.810. The minimum Gasteiger partial charge on any atom is -0.355 e. The van der Waals surface area contributed by atoms with Crippen molar-refractivity contribution in [1.29, 1.82) is 0 Å². The molecular weight excluding hydrogens is 350 g/mol. The Balaban J connectivity index is 0.00000243. The van der Waals surface area contributed by atoms with E-state index in [1.54, 1.807) is 0 Å². The third-order valence-corrected chi connectivity index (χ3v) is 6.67. The van der Waals surface area contributed by atoms with Gasteiger partial charge in [-0.25, -0.2) is 0 Å². The standard InChI is InChI=1S/C20H35N3O2.ClH/c1-20(10-12-21-13-11-20)14-22-18(24)16-6-8-17(9-7-16)23-19(25)15-4-2-3-5-15;/h15-17,21H,2-14H2,1H3,(H,22,24)(H,23,25);1H. The quantitative estimate of drug-likeness (QED) is 0.681. The third-order valence-electron chi connectivity index (χ3n) is 6.67. The van der Waals surface area contributed by atoms with E-state index in [4.69, 9.17) is 0 Å². The maximum absolute atomic E-state index is 12.5. The van der Waals surface area contributed by atoms with Crippen LogP contribution in [0.25, 0.3) is 0 Å². The fourth-order valence-electron chi connectivity index (χ4n) is 4.66. The highest BCUT2D eigenvalue weighted by Gasteiger charge is 2.31. The fraction of sp³-hybridized carbons (Fsp3) is 0.900. The number of halogens is 1. The normalized spacial score (nSPS) is 28.8. The van der Waals surface area contributed by atoms with Gasteiger partial charge in [0.2, 0.25) is 11.8 Å². The van der Waals surface area contributed by atoms with Crippen molar-refractivity contribution >= 4 is 24.2 Å². The van der Waals surface area contributed by atoms with Gasteiger partial charge in [0.05, 0.1) is 0 Å². The minimum atomic E-state index is 0. The molecule has 0 spiro atoms. The summed E-state index contributed by atoms with van der Waals surface area (Å²) in [4.78, 5) is 24.8. The monoisotopic (exact) mass is 385 g/mol. The SMILES string of the molecule is CC1(CNC(=O)C2CCC(NC(=O)C3CCCC3)CC2)CCNCC1.Cl. The molecule has 5 nitrogen and oxygen atoms in total. The third kappa shape index (κ3) is 5.85. The van der Waals surface area contributed by atoms with Crippen LogP contribution in [0.4, 0.5) is 0 Å². The molecule has 0 aromatic carbocycles. The molecular formula is C20H36ClN3O2. The smallest absolute Gasteiger partial charge is 0.223 e. The molecule has 6 heteroatoms. The highest BCUT2D eigenvalue weighted by atomic mass is 35.5. The number of carbonyl (C=O) groups is 2. The summed E-state index contributed by atoms with van der Waals surface area (Å²) in [5, 5.41) is 9.83. The lowest BCUT2D eigenvalue weighted by molar-refractivity contribution is -0.127. The second kappa shape index (κ2) is 9.93. The van der Waals surface area contributed by atoms with E-state index in [1.165, 1.54) is 12.8 Å². The Morgan fingerprint density at radius 3 is 2.12 bits per heavy atom. The minimum absolute atomic E-state index is 0. The van der Waals surface area contributed by atoms with Crippen LogP contribution in [0.5, 0.6) is 0 Å². The highest BCUT2D eigenvalue weighted by molar-refractivity contribution is 5.85. The first-order valence-electron chi connectivity index (χ1n) is 10.3. The van der Waals surface area contributed by atoms with Crippen molar-refractivity contribution in [3.63, 3.8) is 0 Å². The van der Waals surface area contributed by atoms with Gasteiger partial charge in [-0.2, -0.15) is 0 Å². The van der Waals surface area contributed by atoms with E-state index in [0.717, 1.165) is 71.0 Å². The van der Waals surface area contributed by atoms with Gasteiger partial charge in [-0.3, -0.25) is 9.59 Å². The summed E-state index contributed by atoms with van der Waals surface area (Å²) in [5.41, 5.74) is 0.243. The zero-order valence-electron chi connectivity index (χ0n) is 16.1. The molecule has 0 aromatic heterocycles. The van der Waals surface area contributed by atoms with Crippen molar-refractivity contribution in [2.24, 2.45) is 17.3 Å². The van der Waals surface area contributed by atoms with Crippen LogP contribution in [-0.2, 0) is 9.59 Å². The molecule has 0 atom stereocenters. The zero-order valence-corrected chi connectivity index (χ0v) is 17.0. The summed E-state index contributed by atoms with van der Waals surface area (Å²) in [6.07, 6.45) is 10.4. The maximum Gasteiger partial charge on any atom is 0.223 e. The van der Waals surface area contributed by atoms with Crippen LogP contribution in [0.1, 0.15) is 71.1 Å². The first-order valence-corrected chi connectivity index (χ1v) is 10.3. The first kappa shape index (κ1) is 21.5. The van der Waals surface area contributed by atoms with Crippen LogP contribution < -0.4 is 16.0 Å². The number of rotatable bonds is 5. The van der Waals surface area contributed by atoms with E-state index in [1.807, 2.05) is 0 Å². The van der Waals surface area contributed by atoms with Crippen LogP contribution in [0.2, 0.25) is 0 Å². The van der Waals surface area contributed by atoms with Crippen molar-refractivity contribution in [2.45, 2.75) is 77.2 Å². The van der Waals surface area contributed by atoms with Crippen LogP contribution in [-0.4, -0.2) is 37.5 Å². The molecule has 3 fully saturated rings. The van der Waals surface area contributed by atoms with Gasteiger partial charge in [-0.15, -0.1) is 12.4 Å². The molecule has 3 rings (SSSR count). The largest absolute Gasteiger partial charge is 0.355 e. The summed E-state index contributed by atoms with van der Waals surface area (Å²) in [6.45, 7) is 5.19.